The van der Waals surface area contributed by atoms with Crippen LogP contribution in [0.25, 0.3) is 11.6 Å². The van der Waals surface area contributed by atoms with Crippen LogP contribution >= 0.6 is 11.8 Å². The smallest absolute Gasteiger partial charge is 0.335 e. The molecule has 3 rings (SSSR count). The summed E-state index contributed by atoms with van der Waals surface area (Å²) in [5, 5.41) is 19.2. The van der Waals surface area contributed by atoms with E-state index in [1.807, 2.05) is 24.8 Å². The van der Waals surface area contributed by atoms with Crippen molar-refractivity contribution in [3.05, 3.63) is 58.1 Å². The molecule has 0 bridgehead atoms. The molecule has 2 aromatic carbocycles. The maximum atomic E-state index is 11.0. The highest BCUT2D eigenvalue weighted by molar-refractivity contribution is 7.99. The summed E-state index contributed by atoms with van der Waals surface area (Å²) in [7, 11) is 0. The monoisotopic (exact) mass is 368 g/mol. The van der Waals surface area contributed by atoms with Gasteiger partial charge in [0.15, 0.2) is 0 Å². The largest absolute Gasteiger partial charge is 0.507 e. The minimum Gasteiger partial charge on any atom is -0.507 e. The summed E-state index contributed by atoms with van der Waals surface area (Å²) in [5.74, 6) is 0.0887. The Morgan fingerprint density at radius 2 is 1.96 bits per heavy atom. The van der Waals surface area contributed by atoms with Crippen molar-refractivity contribution < 1.29 is 15.0 Å². The van der Waals surface area contributed by atoms with Crippen molar-refractivity contribution >= 4 is 29.4 Å². The first-order chi connectivity index (χ1) is 12.2. The summed E-state index contributed by atoms with van der Waals surface area (Å²) in [6.07, 6.45) is 3.08. The molecule has 1 heterocycles. The number of carbonyl (C=O) groups is 1. The number of thioether (sulfide) groups is 1. The zero-order valence-electron chi connectivity index (χ0n) is 15.6. The summed E-state index contributed by atoms with van der Waals surface area (Å²) in [6, 6.07) is 9.00. The number of carboxylic acids is 1. The van der Waals surface area contributed by atoms with Gasteiger partial charge in [-0.2, -0.15) is 0 Å². The Morgan fingerprint density at radius 1 is 1.23 bits per heavy atom. The molecule has 0 spiro atoms. The molecule has 3 nitrogen and oxygen atoms in total. The van der Waals surface area contributed by atoms with Crippen LogP contribution in [0.15, 0.2) is 35.2 Å². The van der Waals surface area contributed by atoms with Crippen LogP contribution in [0, 0.1) is 6.92 Å². The number of aromatic hydroxyl groups is 1. The number of hydrogen-bond acceptors (Lipinski definition) is 3. The number of hydrogen-bond donors (Lipinski definition) is 2. The van der Waals surface area contributed by atoms with Gasteiger partial charge in [0.2, 0.25) is 0 Å². The number of aromatic carboxylic acids is 1. The van der Waals surface area contributed by atoms with Gasteiger partial charge in [-0.25, -0.2) is 4.79 Å². The average molecular weight is 368 g/mol. The molecule has 0 aromatic heterocycles. The van der Waals surface area contributed by atoms with Crippen molar-refractivity contribution in [3.63, 3.8) is 0 Å². The lowest BCUT2D eigenvalue weighted by molar-refractivity contribution is 0.0696. The standard InChI is InChI=1S/C22H24O3S/c1-13(9-15-5-6-16(21(24)25)11-19(15)23)17-12-18-20(10-14(17)2)26-8-7-22(18,3)4/h5-6,9-12,23H,7-8H2,1-4H3,(H,24,25)/b13-9+. The molecule has 0 unspecified atom stereocenters. The first-order valence-corrected chi connectivity index (χ1v) is 9.70. The van der Waals surface area contributed by atoms with E-state index in [1.54, 1.807) is 6.07 Å². The number of carboxylic acid groups (broad SMARTS) is 1. The van der Waals surface area contributed by atoms with E-state index in [-0.39, 0.29) is 16.7 Å². The molecule has 0 aliphatic carbocycles. The molecule has 2 aromatic rings. The Labute approximate surface area is 158 Å². The fourth-order valence-electron chi connectivity index (χ4n) is 3.42. The van der Waals surface area contributed by atoms with Crippen molar-refractivity contribution in [1.29, 1.82) is 0 Å². The number of allylic oxidation sites excluding steroid dienone is 1. The summed E-state index contributed by atoms with van der Waals surface area (Å²) in [4.78, 5) is 12.4. The van der Waals surface area contributed by atoms with Gasteiger partial charge < -0.3 is 10.2 Å². The minimum atomic E-state index is -1.04. The molecular formula is C22H24O3S. The van der Waals surface area contributed by atoms with E-state index in [4.69, 9.17) is 5.11 Å². The zero-order chi connectivity index (χ0) is 19.1. The fourth-order valence-corrected chi connectivity index (χ4v) is 5.00. The molecule has 0 radical (unpaired) electrons. The summed E-state index contributed by atoms with van der Waals surface area (Å²) >= 11 is 1.92. The van der Waals surface area contributed by atoms with E-state index in [0.717, 1.165) is 17.7 Å². The minimum absolute atomic E-state index is 0.0178. The van der Waals surface area contributed by atoms with Gasteiger partial charge in [0.25, 0.3) is 0 Å². The first kappa shape index (κ1) is 18.6. The van der Waals surface area contributed by atoms with Gasteiger partial charge in [-0.1, -0.05) is 19.9 Å². The lowest BCUT2D eigenvalue weighted by Gasteiger charge is -2.33. The van der Waals surface area contributed by atoms with Gasteiger partial charge >= 0.3 is 5.97 Å². The second-order valence-corrected chi connectivity index (χ2v) is 8.69. The third-order valence-corrected chi connectivity index (χ3v) is 6.17. The number of phenolic OH excluding ortho intramolecular Hbond substituents is 1. The highest BCUT2D eigenvalue weighted by Crippen LogP contribution is 2.43. The van der Waals surface area contributed by atoms with Gasteiger partial charge in [0.05, 0.1) is 5.56 Å². The first-order valence-electron chi connectivity index (χ1n) is 8.72. The summed E-state index contributed by atoms with van der Waals surface area (Å²) < 4.78 is 0. The van der Waals surface area contributed by atoms with E-state index in [9.17, 15) is 9.90 Å². The Hall–Kier alpha value is -2.20. The lowest BCUT2D eigenvalue weighted by atomic mass is 9.80. The van der Waals surface area contributed by atoms with Gasteiger partial charge in [-0.15, -0.1) is 11.8 Å². The molecule has 0 saturated heterocycles. The number of fused-ring (bicyclic) bond motifs is 1. The van der Waals surface area contributed by atoms with Gasteiger partial charge in [-0.05, 0) is 84.0 Å². The van der Waals surface area contributed by atoms with Crippen molar-refractivity contribution in [2.45, 2.75) is 44.4 Å². The second kappa shape index (κ2) is 6.84. The van der Waals surface area contributed by atoms with E-state index in [0.29, 0.717) is 5.56 Å². The Balaban J connectivity index is 2.04. The predicted octanol–water partition coefficient (Wildman–Crippen LogP) is 5.73. The molecule has 1 aliphatic rings. The maximum absolute atomic E-state index is 11.0. The molecule has 1 aliphatic heterocycles. The average Bonchev–Trinajstić information content (AvgIpc) is 2.55. The van der Waals surface area contributed by atoms with Crippen LogP contribution in [0.5, 0.6) is 5.75 Å². The van der Waals surface area contributed by atoms with Crippen LogP contribution < -0.4 is 0 Å². The van der Waals surface area contributed by atoms with E-state index < -0.39 is 5.97 Å². The van der Waals surface area contributed by atoms with Crippen LogP contribution in [0.2, 0.25) is 0 Å². The van der Waals surface area contributed by atoms with Crippen LogP contribution in [-0.2, 0) is 5.41 Å². The van der Waals surface area contributed by atoms with E-state index in [1.165, 1.54) is 33.7 Å². The van der Waals surface area contributed by atoms with E-state index >= 15 is 0 Å². The van der Waals surface area contributed by atoms with Gasteiger partial charge in [0, 0.05) is 10.5 Å². The normalized spacial score (nSPS) is 16.2. The van der Waals surface area contributed by atoms with Gasteiger partial charge in [-0.3, -0.25) is 0 Å². The maximum Gasteiger partial charge on any atom is 0.335 e. The lowest BCUT2D eigenvalue weighted by Crippen LogP contribution is -2.23. The third-order valence-electron chi connectivity index (χ3n) is 5.11. The van der Waals surface area contributed by atoms with Crippen LogP contribution in [0.1, 0.15) is 59.8 Å². The van der Waals surface area contributed by atoms with Crippen LogP contribution in [-0.4, -0.2) is 21.9 Å². The SMILES string of the molecule is C/C(=C\c1ccc(C(=O)O)cc1O)c1cc2c(cc1C)SCCC2(C)C. The van der Waals surface area contributed by atoms with Crippen molar-refractivity contribution in [3.8, 4) is 5.75 Å². The topological polar surface area (TPSA) is 57.5 Å². The third kappa shape index (κ3) is 3.51. The number of aryl methyl sites for hydroxylation is 1. The molecular weight excluding hydrogens is 344 g/mol. The molecule has 0 atom stereocenters. The fraction of sp³-hybridized carbons (Fsp3) is 0.318. The molecule has 2 N–H and O–H groups in total. The molecule has 0 amide bonds. The second-order valence-electron chi connectivity index (χ2n) is 7.55. The predicted molar refractivity (Wildman–Crippen MR) is 108 cm³/mol. The number of rotatable bonds is 3. The Bertz CT molecular complexity index is 910. The highest BCUT2D eigenvalue weighted by atomic mass is 32.2. The number of phenols is 1. The molecule has 0 fully saturated rings. The number of benzene rings is 2. The molecule has 4 heteroatoms. The Kier molecular flexibility index (Phi) is 4.89. The zero-order valence-corrected chi connectivity index (χ0v) is 16.4. The van der Waals surface area contributed by atoms with Crippen molar-refractivity contribution in [2.75, 3.05) is 5.75 Å². The Morgan fingerprint density at radius 3 is 2.62 bits per heavy atom. The molecule has 136 valence electrons. The van der Waals surface area contributed by atoms with Crippen LogP contribution in [0.4, 0.5) is 0 Å². The highest BCUT2D eigenvalue weighted by Gasteiger charge is 2.28. The van der Waals surface area contributed by atoms with Crippen molar-refractivity contribution in [1.82, 2.24) is 0 Å². The summed E-state index contributed by atoms with van der Waals surface area (Å²) in [6.45, 7) is 8.73. The summed E-state index contributed by atoms with van der Waals surface area (Å²) in [5.41, 5.74) is 5.68. The van der Waals surface area contributed by atoms with Crippen molar-refractivity contribution in [2.24, 2.45) is 0 Å². The molecule has 26 heavy (non-hydrogen) atoms. The van der Waals surface area contributed by atoms with Gasteiger partial charge in [0.1, 0.15) is 5.75 Å². The molecule has 0 saturated carbocycles. The quantitative estimate of drug-likeness (QED) is 0.679. The van der Waals surface area contributed by atoms with E-state index in [2.05, 4.69) is 32.9 Å². The van der Waals surface area contributed by atoms with Crippen LogP contribution in [0.3, 0.4) is 0 Å².